The molecule has 1 aromatic rings. The first-order valence-electron chi connectivity index (χ1n) is 7.46. The molecule has 0 radical (unpaired) electrons. The van der Waals surface area contributed by atoms with E-state index in [2.05, 4.69) is 54.9 Å². The van der Waals surface area contributed by atoms with E-state index in [1.54, 1.807) is 5.57 Å². The van der Waals surface area contributed by atoms with E-state index in [4.69, 9.17) is 0 Å². The van der Waals surface area contributed by atoms with Gasteiger partial charge in [-0.25, -0.2) is 0 Å². The summed E-state index contributed by atoms with van der Waals surface area (Å²) in [6.45, 7) is 6.63. The van der Waals surface area contributed by atoms with Crippen LogP contribution in [0.1, 0.15) is 54.4 Å². The number of benzene rings is 1. The largest absolute Gasteiger partial charge is 0.0880 e. The van der Waals surface area contributed by atoms with Crippen LogP contribution >= 0.6 is 15.9 Å². The van der Waals surface area contributed by atoms with Gasteiger partial charge in [-0.15, -0.1) is 0 Å². The Morgan fingerprint density at radius 2 is 1.68 bits per heavy atom. The van der Waals surface area contributed by atoms with Gasteiger partial charge in [0.1, 0.15) is 0 Å². The summed E-state index contributed by atoms with van der Waals surface area (Å²) in [5.41, 5.74) is 7.19. The number of alkyl halides is 1. The predicted octanol–water partition coefficient (Wildman–Crippen LogP) is 5.97. The van der Waals surface area contributed by atoms with Crippen molar-refractivity contribution >= 4 is 22.0 Å². The fourth-order valence-electron chi connectivity index (χ4n) is 3.08. The van der Waals surface area contributed by atoms with Gasteiger partial charge in [-0.05, 0) is 61.8 Å². The van der Waals surface area contributed by atoms with Gasteiger partial charge in [0.15, 0.2) is 0 Å². The van der Waals surface area contributed by atoms with E-state index in [1.807, 2.05) is 0 Å². The number of hydrogen-bond donors (Lipinski definition) is 0. The van der Waals surface area contributed by atoms with Crippen molar-refractivity contribution in [1.82, 2.24) is 0 Å². The highest BCUT2D eigenvalue weighted by Gasteiger charge is 2.17. The van der Waals surface area contributed by atoms with E-state index in [1.165, 1.54) is 54.4 Å². The summed E-state index contributed by atoms with van der Waals surface area (Å²) in [6.07, 6.45) is 9.42. The Morgan fingerprint density at radius 1 is 1.05 bits per heavy atom. The van der Waals surface area contributed by atoms with Crippen molar-refractivity contribution in [2.75, 3.05) is 5.33 Å². The van der Waals surface area contributed by atoms with Crippen molar-refractivity contribution in [3.63, 3.8) is 0 Å². The Bertz CT molecular complexity index is 465. The zero-order chi connectivity index (χ0) is 13.8. The second-order valence-electron chi connectivity index (χ2n) is 5.98. The monoisotopic (exact) mass is 320 g/mol. The number of aryl methyl sites for hydroxylation is 3. The van der Waals surface area contributed by atoms with Crippen molar-refractivity contribution in [3.05, 3.63) is 40.0 Å². The van der Waals surface area contributed by atoms with Crippen LogP contribution in [-0.2, 0) is 0 Å². The van der Waals surface area contributed by atoms with Gasteiger partial charge in [-0.3, -0.25) is 0 Å². The molecule has 19 heavy (non-hydrogen) atoms. The zero-order valence-electron chi connectivity index (χ0n) is 12.4. The van der Waals surface area contributed by atoms with E-state index >= 15 is 0 Å². The van der Waals surface area contributed by atoms with Crippen molar-refractivity contribution in [1.29, 1.82) is 0 Å². The molecule has 0 N–H and O–H groups in total. The molecule has 0 atom stereocenters. The molecule has 1 saturated carbocycles. The van der Waals surface area contributed by atoms with Gasteiger partial charge in [0.25, 0.3) is 0 Å². The lowest BCUT2D eigenvalue weighted by molar-refractivity contribution is 0.405. The molecule has 0 aromatic heterocycles. The summed E-state index contributed by atoms with van der Waals surface area (Å²) in [5, 5.41) is 1.02. The summed E-state index contributed by atoms with van der Waals surface area (Å²) in [5.74, 6) is 0.800. The highest BCUT2D eigenvalue weighted by molar-refractivity contribution is 9.09. The summed E-state index contributed by atoms with van der Waals surface area (Å²) in [7, 11) is 0. The Hall–Kier alpha value is -0.560. The maximum absolute atomic E-state index is 3.70. The molecule has 0 bridgehead atoms. The quantitative estimate of drug-likeness (QED) is 0.602. The molecule has 1 fully saturated rings. The maximum atomic E-state index is 3.70. The minimum atomic E-state index is 0.800. The highest BCUT2D eigenvalue weighted by atomic mass is 79.9. The average Bonchev–Trinajstić information content (AvgIpc) is 2.42. The molecule has 2 rings (SSSR count). The summed E-state index contributed by atoms with van der Waals surface area (Å²) in [6, 6.07) is 4.66. The first kappa shape index (κ1) is 14.8. The molecular weight excluding hydrogens is 296 g/mol. The van der Waals surface area contributed by atoms with Gasteiger partial charge < -0.3 is 0 Å². The summed E-state index contributed by atoms with van der Waals surface area (Å²) in [4.78, 5) is 0. The number of hydrogen-bond acceptors (Lipinski definition) is 0. The van der Waals surface area contributed by atoms with E-state index in [-0.39, 0.29) is 0 Å². The topological polar surface area (TPSA) is 0 Å². The molecular formula is C18H25Br. The van der Waals surface area contributed by atoms with Crippen molar-refractivity contribution in [2.45, 2.75) is 52.9 Å². The number of rotatable bonds is 3. The Labute approximate surface area is 126 Å². The molecule has 1 heteroatoms. The van der Waals surface area contributed by atoms with Crippen LogP contribution in [0.25, 0.3) is 6.08 Å². The lowest BCUT2D eigenvalue weighted by Crippen LogP contribution is -2.10. The van der Waals surface area contributed by atoms with Crippen LogP contribution in [0.3, 0.4) is 0 Å². The summed E-state index contributed by atoms with van der Waals surface area (Å²) >= 11 is 3.70. The smallest absolute Gasteiger partial charge is 0.0247 e. The molecule has 0 amide bonds. The van der Waals surface area contributed by atoms with Gasteiger partial charge in [0, 0.05) is 5.33 Å². The van der Waals surface area contributed by atoms with E-state index in [0.717, 1.165) is 11.2 Å². The Balaban J connectivity index is 2.28. The van der Waals surface area contributed by atoms with Gasteiger partial charge in [-0.2, -0.15) is 0 Å². The average molecular weight is 321 g/mol. The van der Waals surface area contributed by atoms with Crippen LogP contribution in [0.15, 0.2) is 17.7 Å². The van der Waals surface area contributed by atoms with Gasteiger partial charge >= 0.3 is 0 Å². The molecule has 1 aromatic carbocycles. The maximum Gasteiger partial charge on any atom is 0.0247 e. The summed E-state index contributed by atoms with van der Waals surface area (Å²) < 4.78 is 0. The standard InChI is InChI=1S/C18H25Br/c1-13-9-15(3)17(10-14(13)2)11-18(12-19)16-7-5-4-6-8-16/h9-11,16H,4-8,12H2,1-3H3. The molecule has 1 aliphatic carbocycles. The van der Waals surface area contributed by atoms with Gasteiger partial charge in [0.2, 0.25) is 0 Å². The fourth-order valence-corrected chi connectivity index (χ4v) is 3.70. The van der Waals surface area contributed by atoms with Crippen LogP contribution in [0.4, 0.5) is 0 Å². The van der Waals surface area contributed by atoms with Crippen molar-refractivity contribution in [2.24, 2.45) is 5.92 Å². The zero-order valence-corrected chi connectivity index (χ0v) is 14.0. The molecule has 1 aliphatic rings. The minimum Gasteiger partial charge on any atom is -0.0880 e. The second-order valence-corrected chi connectivity index (χ2v) is 6.54. The lowest BCUT2D eigenvalue weighted by Gasteiger charge is -2.24. The fraction of sp³-hybridized carbons (Fsp3) is 0.556. The van der Waals surface area contributed by atoms with Crippen LogP contribution < -0.4 is 0 Å². The number of halogens is 1. The number of allylic oxidation sites excluding steroid dienone is 1. The second kappa shape index (κ2) is 6.74. The third-order valence-electron chi connectivity index (χ3n) is 4.51. The van der Waals surface area contributed by atoms with Crippen molar-refractivity contribution in [3.8, 4) is 0 Å². The molecule has 0 nitrogen and oxygen atoms in total. The van der Waals surface area contributed by atoms with Crippen LogP contribution in [0.5, 0.6) is 0 Å². The molecule has 0 saturated heterocycles. The Morgan fingerprint density at radius 3 is 2.32 bits per heavy atom. The van der Waals surface area contributed by atoms with Gasteiger partial charge in [-0.1, -0.05) is 59.0 Å². The van der Waals surface area contributed by atoms with E-state index in [9.17, 15) is 0 Å². The molecule has 0 spiro atoms. The normalized spacial score (nSPS) is 17.8. The molecule has 104 valence electrons. The lowest BCUT2D eigenvalue weighted by atomic mass is 9.83. The Kier molecular flexibility index (Phi) is 5.27. The van der Waals surface area contributed by atoms with Crippen LogP contribution in [-0.4, -0.2) is 5.33 Å². The van der Waals surface area contributed by atoms with E-state index < -0.39 is 0 Å². The highest BCUT2D eigenvalue weighted by Crippen LogP contribution is 2.32. The first-order valence-corrected chi connectivity index (χ1v) is 8.58. The molecule has 0 heterocycles. The van der Waals surface area contributed by atoms with Crippen LogP contribution in [0.2, 0.25) is 0 Å². The predicted molar refractivity (Wildman–Crippen MR) is 89.0 cm³/mol. The molecule has 0 unspecified atom stereocenters. The SMILES string of the molecule is Cc1cc(C)c(C=C(CBr)C2CCCCC2)cc1C. The van der Waals surface area contributed by atoms with Gasteiger partial charge in [0.05, 0.1) is 0 Å². The van der Waals surface area contributed by atoms with E-state index in [0.29, 0.717) is 0 Å². The first-order chi connectivity index (χ1) is 9.11. The third kappa shape index (κ3) is 3.72. The third-order valence-corrected chi connectivity index (χ3v) is 5.15. The van der Waals surface area contributed by atoms with Crippen molar-refractivity contribution < 1.29 is 0 Å². The van der Waals surface area contributed by atoms with Crippen LogP contribution in [0, 0.1) is 26.7 Å². The molecule has 0 aliphatic heterocycles. The minimum absolute atomic E-state index is 0.800.